The van der Waals surface area contributed by atoms with E-state index in [-0.39, 0.29) is 5.56 Å². The van der Waals surface area contributed by atoms with E-state index in [0.717, 1.165) is 88.6 Å². The summed E-state index contributed by atoms with van der Waals surface area (Å²) < 4.78 is 9.10. The molecule has 13 rings (SSSR count). The van der Waals surface area contributed by atoms with E-state index in [1.165, 1.54) is 22.3 Å². The van der Waals surface area contributed by atoms with Crippen molar-refractivity contribution in [1.29, 1.82) is 0 Å². The smallest absolute Gasteiger partial charge is 0.263 e. The zero-order valence-electron chi connectivity index (χ0n) is 31.8. The number of benzene rings is 9. The van der Waals surface area contributed by atoms with Gasteiger partial charge < -0.3 is 4.74 Å². The third kappa shape index (κ3) is 4.28. The quantitative estimate of drug-likeness (QED) is 0.168. The van der Waals surface area contributed by atoms with Gasteiger partial charge in [-0.1, -0.05) is 158 Å². The van der Waals surface area contributed by atoms with Gasteiger partial charge in [-0.3, -0.25) is 9.20 Å². The highest BCUT2D eigenvalue weighted by Gasteiger charge is 2.51. The molecule has 0 amide bonds. The molecule has 2 aliphatic rings. The number of hydrogen-bond donors (Lipinski definition) is 0. The standard InChI is InChI=1S/C56H33NO2/c58-55-44-22-8-7-19-40(44)45-32-39(38-30-36(34-15-3-1-4-16-34)29-37(31-38)35-17-5-2-6-18-35)33-46-43-27-28-50-54(53(43)57(55)52(45)46)59-51-26-14-13-25-49(51)56(50)47-23-11-9-20-41(47)42-21-10-12-24-48(42)56/h1-33H. The van der Waals surface area contributed by atoms with E-state index >= 15 is 4.79 Å². The second kappa shape index (κ2) is 11.9. The molecule has 1 aliphatic carbocycles. The van der Waals surface area contributed by atoms with E-state index in [1.807, 2.05) is 28.7 Å². The molecule has 3 nitrogen and oxygen atoms in total. The van der Waals surface area contributed by atoms with E-state index < -0.39 is 5.41 Å². The monoisotopic (exact) mass is 751 g/mol. The van der Waals surface area contributed by atoms with Crippen molar-refractivity contribution in [1.82, 2.24) is 4.40 Å². The molecule has 59 heavy (non-hydrogen) atoms. The van der Waals surface area contributed by atoms with Crippen molar-refractivity contribution in [2.45, 2.75) is 5.41 Å². The van der Waals surface area contributed by atoms with Crippen molar-refractivity contribution in [3.63, 3.8) is 0 Å². The van der Waals surface area contributed by atoms with Crippen LogP contribution < -0.4 is 10.3 Å². The van der Waals surface area contributed by atoms with Gasteiger partial charge in [-0.25, -0.2) is 0 Å². The molecule has 0 saturated heterocycles. The highest BCUT2D eigenvalue weighted by atomic mass is 16.5. The van der Waals surface area contributed by atoms with Crippen molar-refractivity contribution < 1.29 is 4.74 Å². The molecule has 1 spiro atoms. The van der Waals surface area contributed by atoms with Crippen LogP contribution in [0.1, 0.15) is 22.3 Å². The fraction of sp³-hybridized carbons (Fsp3) is 0.0179. The molecule has 1 aliphatic heterocycles. The van der Waals surface area contributed by atoms with Gasteiger partial charge in [-0.05, 0) is 103 Å². The van der Waals surface area contributed by atoms with Gasteiger partial charge in [0, 0.05) is 32.7 Å². The van der Waals surface area contributed by atoms with Crippen LogP contribution in [-0.2, 0) is 5.41 Å². The number of hydrogen-bond acceptors (Lipinski definition) is 2. The predicted octanol–water partition coefficient (Wildman–Crippen LogP) is 13.7. The van der Waals surface area contributed by atoms with Crippen LogP contribution in [0.25, 0.3) is 82.5 Å². The summed E-state index contributed by atoms with van der Waals surface area (Å²) in [4.78, 5) is 15.1. The topological polar surface area (TPSA) is 30.7 Å². The van der Waals surface area contributed by atoms with Crippen LogP contribution in [0.4, 0.5) is 0 Å². The van der Waals surface area contributed by atoms with Crippen molar-refractivity contribution >= 4 is 38.0 Å². The molecule has 0 N–H and O–H groups in total. The summed E-state index contributed by atoms with van der Waals surface area (Å²) in [7, 11) is 0. The minimum atomic E-state index is -0.641. The first kappa shape index (κ1) is 32.3. The Morgan fingerprint density at radius 2 is 0.847 bits per heavy atom. The lowest BCUT2D eigenvalue weighted by atomic mass is 9.66. The number of nitrogens with zero attached hydrogens (tertiary/aromatic N) is 1. The fourth-order valence-electron chi connectivity index (χ4n) is 10.5. The average molecular weight is 752 g/mol. The predicted molar refractivity (Wildman–Crippen MR) is 241 cm³/mol. The molecule has 9 aromatic carbocycles. The molecule has 0 fully saturated rings. The van der Waals surface area contributed by atoms with Crippen LogP contribution in [0.5, 0.6) is 11.5 Å². The van der Waals surface area contributed by atoms with Crippen LogP contribution in [0.15, 0.2) is 205 Å². The third-order valence-corrected chi connectivity index (χ3v) is 13.0. The molecule has 0 saturated carbocycles. The first-order valence-electron chi connectivity index (χ1n) is 20.2. The molecule has 0 bridgehead atoms. The maximum Gasteiger partial charge on any atom is 0.263 e. The Balaban J connectivity index is 1.16. The Bertz CT molecular complexity index is 3500. The lowest BCUT2D eigenvalue weighted by Crippen LogP contribution is -2.32. The molecule has 2 aromatic heterocycles. The summed E-state index contributed by atoms with van der Waals surface area (Å²) in [5, 5.41) is 4.66. The molecule has 11 aromatic rings. The molecule has 3 heteroatoms. The van der Waals surface area contributed by atoms with Gasteiger partial charge in [0.15, 0.2) is 5.75 Å². The minimum Gasteiger partial charge on any atom is -0.454 e. The van der Waals surface area contributed by atoms with E-state index in [2.05, 4.69) is 176 Å². The maximum atomic E-state index is 15.1. The average Bonchev–Trinajstić information content (AvgIpc) is 3.80. The lowest BCUT2D eigenvalue weighted by molar-refractivity contribution is 0.440. The summed E-state index contributed by atoms with van der Waals surface area (Å²) >= 11 is 0. The number of rotatable bonds is 3. The summed E-state index contributed by atoms with van der Waals surface area (Å²) in [5.74, 6) is 1.52. The minimum absolute atomic E-state index is 0.0459. The summed E-state index contributed by atoms with van der Waals surface area (Å²) in [6.45, 7) is 0. The first-order chi connectivity index (χ1) is 29.2. The Hall–Kier alpha value is -7.75. The van der Waals surface area contributed by atoms with Gasteiger partial charge in [0.2, 0.25) is 0 Å². The van der Waals surface area contributed by atoms with Crippen LogP contribution >= 0.6 is 0 Å². The normalized spacial score (nSPS) is 13.4. The van der Waals surface area contributed by atoms with Crippen LogP contribution in [-0.4, -0.2) is 4.40 Å². The fourth-order valence-corrected chi connectivity index (χ4v) is 10.5. The van der Waals surface area contributed by atoms with Gasteiger partial charge in [-0.15, -0.1) is 0 Å². The number of aromatic nitrogens is 1. The van der Waals surface area contributed by atoms with E-state index in [1.54, 1.807) is 0 Å². The summed E-state index contributed by atoms with van der Waals surface area (Å²) in [5.41, 5.74) is 14.9. The molecule has 3 heterocycles. The molecule has 0 atom stereocenters. The number of pyridine rings is 1. The highest BCUT2D eigenvalue weighted by Crippen LogP contribution is 2.63. The maximum absolute atomic E-state index is 15.1. The zero-order chi connectivity index (χ0) is 38.8. The Kier molecular flexibility index (Phi) is 6.52. The van der Waals surface area contributed by atoms with Gasteiger partial charge in [0.1, 0.15) is 11.3 Å². The number of para-hydroxylation sites is 1. The lowest BCUT2D eigenvalue weighted by Gasteiger charge is -2.39. The second-order valence-corrected chi connectivity index (χ2v) is 15.9. The molecular weight excluding hydrogens is 719 g/mol. The zero-order valence-corrected chi connectivity index (χ0v) is 31.8. The van der Waals surface area contributed by atoms with Crippen molar-refractivity contribution in [3.8, 4) is 56.0 Å². The summed E-state index contributed by atoms with van der Waals surface area (Å²) in [6.07, 6.45) is 0. The van der Waals surface area contributed by atoms with Crippen molar-refractivity contribution in [2.24, 2.45) is 0 Å². The van der Waals surface area contributed by atoms with E-state index in [0.29, 0.717) is 5.39 Å². The van der Waals surface area contributed by atoms with Gasteiger partial charge in [0.05, 0.1) is 10.9 Å². The van der Waals surface area contributed by atoms with E-state index in [4.69, 9.17) is 4.74 Å². The molecule has 0 unspecified atom stereocenters. The van der Waals surface area contributed by atoms with Crippen molar-refractivity contribution in [2.75, 3.05) is 0 Å². The largest absolute Gasteiger partial charge is 0.454 e. The second-order valence-electron chi connectivity index (χ2n) is 15.9. The Labute approximate surface area is 340 Å². The van der Waals surface area contributed by atoms with Gasteiger partial charge in [0.25, 0.3) is 5.56 Å². The van der Waals surface area contributed by atoms with Crippen LogP contribution in [0.3, 0.4) is 0 Å². The molecule has 0 radical (unpaired) electrons. The third-order valence-electron chi connectivity index (χ3n) is 13.0. The van der Waals surface area contributed by atoms with E-state index in [9.17, 15) is 0 Å². The SMILES string of the molecule is O=c1c2ccccc2c2cc(-c3cc(-c4ccccc4)cc(-c4ccccc4)c3)cc3c4ccc5c(c4n1c23)Oc1ccccc1C51c2ccccc2-c2ccccc21. The number of ether oxygens (including phenoxy) is 1. The molecular formula is C56H33NO2. The van der Waals surface area contributed by atoms with Crippen LogP contribution in [0.2, 0.25) is 0 Å². The number of fused-ring (bicyclic) bond motifs is 15. The Morgan fingerprint density at radius 3 is 1.49 bits per heavy atom. The van der Waals surface area contributed by atoms with Crippen LogP contribution in [0, 0.1) is 0 Å². The van der Waals surface area contributed by atoms with Gasteiger partial charge in [-0.2, -0.15) is 0 Å². The Morgan fingerprint density at radius 1 is 0.356 bits per heavy atom. The van der Waals surface area contributed by atoms with Crippen molar-refractivity contribution in [3.05, 3.63) is 233 Å². The summed E-state index contributed by atoms with van der Waals surface area (Å²) in [6, 6.07) is 71.2. The first-order valence-corrected chi connectivity index (χ1v) is 20.2. The van der Waals surface area contributed by atoms with Gasteiger partial charge >= 0.3 is 0 Å². The molecule has 274 valence electrons. The highest BCUT2D eigenvalue weighted by molar-refractivity contribution is 6.23.